The van der Waals surface area contributed by atoms with Gasteiger partial charge in [0.25, 0.3) is 0 Å². The van der Waals surface area contributed by atoms with Crippen LogP contribution in [0.25, 0.3) is 0 Å². The fourth-order valence-corrected chi connectivity index (χ4v) is 29.7. The molecule has 0 atom stereocenters. The van der Waals surface area contributed by atoms with Crippen LogP contribution in [0.2, 0.25) is 0 Å². The summed E-state index contributed by atoms with van der Waals surface area (Å²) in [5.74, 6) is 3.07. The monoisotopic (exact) mass is 2300 g/mol. The maximum Gasteiger partial charge on any atom is 0.357 e. The van der Waals surface area contributed by atoms with E-state index in [1.165, 1.54) is 138 Å². The van der Waals surface area contributed by atoms with Gasteiger partial charge in [-0.25, -0.2) is 0 Å². The number of hydrogen-bond acceptors (Lipinski definition) is 4. The van der Waals surface area contributed by atoms with Gasteiger partial charge in [-0.2, -0.15) is 0 Å². The number of aryl methyl sites for hydroxylation is 5. The third-order valence-corrected chi connectivity index (χ3v) is 38.8. The molecule has 136 heavy (non-hydrogen) atoms. The van der Waals surface area contributed by atoms with Crippen molar-refractivity contribution in [2.24, 2.45) is 0 Å². The molecular formula is C125H127I4O4S3+7. The quantitative estimate of drug-likeness (QED) is 0.0512. The standard InChI is InChI=1S/C30H37O3S.C24H25S.C18H14OS.2C14H14I.C13H12I.C12H10I/c1-8-23(31)21-22-9-15-26(16-10-22)34(27-17-11-24(12-18-27)32-29(2,3)4)28-19-13-25(14-20-28)33-30(5,6)7;1-4-10-20(11-5-1)21-16-18-24(19-17-21)25(22-12-6-2-7-13-22)23-14-8-3-9-15-23;19-15-11-13-18(14-12-15)20(16-7-3-1-4-8-16)17-9-5-2-6-10-17;1-11-3-7-13(8-4-11)15-14-9-5-12(2)6-10-14;1-11-8-9-14(10-12(11)2)15-13-6-4-3-5-7-13;1-11-7-9-13(10-8-11)14-12-5-3-2-4-6-12;1-3-7-11(8-4-1)13-12-9-5-2-6-10-12/h9-20H,8,21H2,1-7H3;2-3,6-9,12-20H,1,4-5,10-11H2;1-14H;2*3-10H,1-2H3;2-10H,1H3;1-10H/q2*+1;;4*+1/p+1. The zero-order valence-electron chi connectivity index (χ0n) is 80.2. The number of carbonyl (C=O) groups is 1. The summed E-state index contributed by atoms with van der Waals surface area (Å²) in [7, 11) is -0.458. The molecular weight excluding hydrogens is 2170 g/mol. The minimum absolute atomic E-state index is 0.000856. The van der Waals surface area contributed by atoms with Crippen molar-refractivity contribution in [3.8, 4) is 17.2 Å². The van der Waals surface area contributed by atoms with Gasteiger partial charge in [-0.05, 0) is 360 Å². The smallest absolute Gasteiger partial charge is 0.357 e. The Morgan fingerprint density at radius 1 is 0.287 bits per heavy atom. The SMILES string of the molecule is CCC(=O)Cc1ccc([S+](c2ccc(OC(C)(C)C)cc2)c2ccc(OC(C)(C)C)cc2)cc1.Cc1ccc([I+]c2ccc(C)cc2)cc1.Cc1ccc([I+]c2ccccc2)cc1.Cc1ccc([I+]c2ccccc2)cc1C.Oc1ccc([S+](c2ccccc2)c2ccccc2)cc1.c1ccc([I+]c2ccccc2)cc1.c1ccc([S+](c2ccccc2)c2ccc(C3CCCCC3)cc2)cc1. The number of phenols is 1. The van der Waals surface area contributed by atoms with Crippen LogP contribution in [0.4, 0.5) is 0 Å². The van der Waals surface area contributed by atoms with Crippen LogP contribution in [0.3, 0.4) is 0 Å². The first-order chi connectivity index (χ1) is 66.0. The lowest BCUT2D eigenvalue weighted by Gasteiger charge is -2.22. The molecule has 0 unspecified atom stereocenters. The molecule has 11 heteroatoms. The van der Waals surface area contributed by atoms with E-state index in [0.717, 1.165) is 23.0 Å². The molecule has 0 bridgehead atoms. The van der Waals surface area contributed by atoms with Crippen LogP contribution in [0, 0.1) is 63.2 Å². The molecule has 18 rings (SSSR count). The van der Waals surface area contributed by atoms with E-state index >= 15 is 0 Å². The van der Waals surface area contributed by atoms with Crippen molar-refractivity contribution in [2.75, 3.05) is 0 Å². The number of phenolic OH excluding ortho intramolecular Hbond substituents is 1. The Morgan fingerprint density at radius 3 is 0.824 bits per heavy atom. The van der Waals surface area contributed by atoms with E-state index in [-0.39, 0.29) is 134 Å². The maximum atomic E-state index is 11.9. The summed E-state index contributed by atoms with van der Waals surface area (Å²) in [6.07, 6.45) is 7.99. The lowest BCUT2D eigenvalue weighted by molar-refractivity contribution is -0.597. The largest absolute Gasteiger partial charge is 0.508 e. The van der Waals surface area contributed by atoms with Crippen LogP contribution in [0.5, 0.6) is 17.2 Å². The fourth-order valence-electron chi connectivity index (χ4n) is 14.4. The Bertz CT molecular complexity index is 6060. The minimum Gasteiger partial charge on any atom is -0.508 e. The number of benzene rings is 17. The van der Waals surface area contributed by atoms with Gasteiger partial charge in [0.1, 0.15) is 34.2 Å². The Balaban J connectivity index is 0.000000147. The van der Waals surface area contributed by atoms with Crippen molar-refractivity contribution < 1.29 is 104 Å². The van der Waals surface area contributed by atoms with Crippen LogP contribution >= 0.6 is 0 Å². The summed E-state index contributed by atoms with van der Waals surface area (Å²) in [5.41, 5.74) is 8.92. The number of halogens is 4. The molecule has 1 aliphatic carbocycles. The number of aromatic hydroxyl groups is 1. The minimum atomic E-state index is -0.296. The molecule has 17 aromatic carbocycles. The van der Waals surface area contributed by atoms with E-state index in [4.69, 9.17) is 9.47 Å². The molecule has 1 fully saturated rings. The molecule has 1 saturated carbocycles. The topological polar surface area (TPSA) is 55.8 Å². The second-order valence-corrected chi connectivity index (χ2v) is 53.0. The van der Waals surface area contributed by atoms with Crippen molar-refractivity contribution in [3.05, 3.63) is 522 Å². The normalized spacial score (nSPS) is 11.6. The predicted octanol–water partition coefficient (Wildman–Crippen LogP) is 19.8. The Labute approximate surface area is 862 Å². The molecule has 0 aliphatic heterocycles. The summed E-state index contributed by atoms with van der Waals surface area (Å²) < 4.78 is 23.9. The molecule has 0 heterocycles. The molecule has 1 aliphatic rings. The highest BCUT2D eigenvalue weighted by molar-refractivity contribution is 7.97. The van der Waals surface area contributed by atoms with Crippen molar-refractivity contribution in [1.29, 1.82) is 0 Å². The van der Waals surface area contributed by atoms with Gasteiger partial charge < -0.3 is 14.6 Å². The third-order valence-electron chi connectivity index (χ3n) is 21.4. The molecule has 0 aromatic heterocycles. The van der Waals surface area contributed by atoms with Gasteiger partial charge in [0.05, 0.1) is 32.7 Å². The van der Waals surface area contributed by atoms with Crippen molar-refractivity contribution in [2.45, 2.75) is 189 Å². The molecule has 0 amide bonds. The second kappa shape index (κ2) is 55.4. The number of rotatable bonds is 23. The zero-order valence-corrected chi connectivity index (χ0v) is 91.3. The lowest BCUT2D eigenvalue weighted by Crippen LogP contribution is -3.61. The van der Waals surface area contributed by atoms with Gasteiger partial charge >= 0.3 is 84.8 Å². The molecule has 0 spiro atoms. The molecule has 0 saturated heterocycles. The highest BCUT2D eigenvalue weighted by Crippen LogP contribution is 2.38. The molecule has 1 N–H and O–H groups in total. The average molecular weight is 2300 g/mol. The van der Waals surface area contributed by atoms with E-state index in [2.05, 4.69) is 470 Å². The summed E-state index contributed by atoms with van der Waals surface area (Å²) >= 11 is 0.0469. The van der Waals surface area contributed by atoms with Crippen molar-refractivity contribution >= 4 is 38.5 Å². The first kappa shape index (κ1) is 105. The molecule has 17 aromatic rings. The van der Waals surface area contributed by atoms with Crippen LogP contribution in [0.15, 0.2) is 499 Å². The van der Waals surface area contributed by atoms with E-state index in [1.807, 2.05) is 55.5 Å². The number of ketones is 1. The Hall–Kier alpha value is -10.2. The highest BCUT2D eigenvalue weighted by atomic mass is 127. The first-order valence-electron chi connectivity index (χ1n) is 46.6. The van der Waals surface area contributed by atoms with Crippen LogP contribution in [-0.2, 0) is 43.9 Å². The molecule has 0 radical (unpaired) electrons. The molecule has 4 nitrogen and oxygen atoms in total. The van der Waals surface area contributed by atoms with Gasteiger partial charge in [0.15, 0.2) is 72.6 Å². The van der Waals surface area contributed by atoms with Gasteiger partial charge in [-0.15, -0.1) is 0 Å². The summed E-state index contributed by atoms with van der Waals surface area (Å²) in [6, 6.07) is 161. The van der Waals surface area contributed by atoms with Gasteiger partial charge in [-0.1, -0.05) is 255 Å². The van der Waals surface area contributed by atoms with E-state index < -0.39 is 0 Å². The van der Waals surface area contributed by atoms with Gasteiger partial charge in [0.2, 0.25) is 0 Å². The average Bonchev–Trinajstić information content (AvgIpc) is 0.802. The molecule has 690 valence electrons. The first-order valence-corrected chi connectivity index (χ1v) is 58.9. The summed E-state index contributed by atoms with van der Waals surface area (Å²) in [4.78, 5) is 23.5. The zero-order chi connectivity index (χ0) is 95.7. The van der Waals surface area contributed by atoms with Crippen molar-refractivity contribution in [1.82, 2.24) is 0 Å². The lowest BCUT2D eigenvalue weighted by atomic mass is 9.84. The van der Waals surface area contributed by atoms with Gasteiger partial charge in [0, 0.05) is 12.8 Å². The van der Waals surface area contributed by atoms with Crippen molar-refractivity contribution in [3.63, 3.8) is 0 Å². The number of Topliss-reactive ketones (excluding diaryl/α,β-unsaturated/α-hetero) is 1. The fraction of sp³-hybridized carbons (Fsp3) is 0.176. The van der Waals surface area contributed by atoms with Gasteiger partial charge in [-0.3, -0.25) is 4.79 Å². The van der Waals surface area contributed by atoms with E-state index in [0.29, 0.717) is 18.6 Å². The maximum absolute atomic E-state index is 11.9. The number of ether oxygens (including phenoxy) is 2. The highest BCUT2D eigenvalue weighted by Gasteiger charge is 2.33. The summed E-state index contributed by atoms with van der Waals surface area (Å²) in [6.45, 7) is 25.0. The number of hydrogen-bond donors (Lipinski definition) is 1. The number of carbonyl (C=O) groups excluding carboxylic acids is 1. The Kier molecular flexibility index (Phi) is 42.6. The van der Waals surface area contributed by atoms with Crippen LogP contribution < -0.4 is 94.3 Å². The summed E-state index contributed by atoms with van der Waals surface area (Å²) in [5, 5.41) is 9.48. The van der Waals surface area contributed by atoms with Crippen LogP contribution in [-0.4, -0.2) is 22.1 Å². The van der Waals surface area contributed by atoms with E-state index in [1.54, 1.807) is 12.1 Å². The van der Waals surface area contributed by atoms with Crippen LogP contribution in [0.1, 0.15) is 132 Å². The Morgan fingerprint density at radius 2 is 0.537 bits per heavy atom. The second-order valence-electron chi connectivity index (χ2n) is 34.8. The third kappa shape index (κ3) is 36.3. The predicted molar refractivity (Wildman–Crippen MR) is 557 cm³/mol. The van der Waals surface area contributed by atoms with E-state index in [9.17, 15) is 9.90 Å².